The lowest BCUT2D eigenvalue weighted by Gasteiger charge is -2.25. The number of aromatic nitrogens is 1. The third kappa shape index (κ3) is 8.57. The Hall–Kier alpha value is -3.87. The number of aliphatic hydroxyl groups is 1. The largest absolute Gasteiger partial charge is 0.480 e. The number of hydrogen-bond acceptors (Lipinski definition) is 7. The molecule has 0 aliphatic carbocycles. The van der Waals surface area contributed by atoms with E-state index in [4.69, 9.17) is 5.73 Å². The average Bonchev–Trinajstić information content (AvgIpc) is 3.36. The number of carboxylic acid groups (broad SMARTS) is 1. The second-order valence-corrected chi connectivity index (χ2v) is 10.3. The van der Waals surface area contributed by atoms with Crippen LogP contribution in [0.4, 0.5) is 0 Å². The van der Waals surface area contributed by atoms with E-state index in [2.05, 4.69) is 20.9 Å². The summed E-state index contributed by atoms with van der Waals surface area (Å²) in [5.41, 5.74) is 7.92. The number of carboxylic acids is 1. The van der Waals surface area contributed by atoms with Crippen LogP contribution in [0.1, 0.15) is 17.5 Å². The molecule has 8 N–H and O–H groups in total. The van der Waals surface area contributed by atoms with Crippen LogP contribution in [0.15, 0.2) is 60.8 Å². The van der Waals surface area contributed by atoms with Crippen LogP contribution in [0.2, 0.25) is 0 Å². The lowest BCUT2D eigenvalue weighted by molar-refractivity contribution is -0.142. The van der Waals surface area contributed by atoms with Crippen molar-refractivity contribution in [1.82, 2.24) is 20.9 Å². The summed E-state index contributed by atoms with van der Waals surface area (Å²) in [5, 5.41) is 27.8. The van der Waals surface area contributed by atoms with E-state index in [-0.39, 0.29) is 19.3 Å². The third-order valence-corrected chi connectivity index (χ3v) is 7.05. The minimum Gasteiger partial charge on any atom is -0.480 e. The molecule has 0 aliphatic rings. The predicted octanol–water partition coefficient (Wildman–Crippen LogP) is 0.565. The SMILES string of the molecule is CSCCC(NC(=O)C(N)CO)C(=O)NC(Cc1ccccc1)C(=O)NC(Cc1c[nH]c2ccccc12)C(=O)O. The molecule has 0 saturated carbocycles. The molecule has 11 nitrogen and oxygen atoms in total. The normalized spacial score (nSPS) is 14.1. The first-order valence-corrected chi connectivity index (χ1v) is 14.2. The molecule has 12 heteroatoms. The number of benzene rings is 2. The molecule has 1 aromatic heterocycles. The fourth-order valence-corrected chi connectivity index (χ4v) is 4.66. The van der Waals surface area contributed by atoms with Gasteiger partial charge in [-0.2, -0.15) is 11.8 Å². The highest BCUT2D eigenvalue weighted by molar-refractivity contribution is 7.98. The van der Waals surface area contributed by atoms with Gasteiger partial charge < -0.3 is 36.9 Å². The number of carbonyl (C=O) groups is 4. The number of aromatic amines is 1. The molecule has 1 heterocycles. The molecule has 0 spiro atoms. The van der Waals surface area contributed by atoms with E-state index in [1.54, 1.807) is 30.5 Å². The number of aliphatic carboxylic acids is 1. The second kappa shape index (κ2) is 15.1. The van der Waals surface area contributed by atoms with Gasteiger partial charge in [0, 0.05) is 29.9 Å². The monoisotopic (exact) mass is 569 g/mol. The number of thioether (sulfide) groups is 1. The zero-order valence-electron chi connectivity index (χ0n) is 22.1. The van der Waals surface area contributed by atoms with Crippen molar-refractivity contribution < 1.29 is 29.4 Å². The molecule has 4 unspecified atom stereocenters. The first-order valence-electron chi connectivity index (χ1n) is 12.8. The molecule has 3 amide bonds. The van der Waals surface area contributed by atoms with Crippen LogP contribution in [0, 0.1) is 0 Å². The molecule has 0 radical (unpaired) electrons. The van der Waals surface area contributed by atoms with Crippen LogP contribution >= 0.6 is 11.8 Å². The predicted molar refractivity (Wildman–Crippen MR) is 154 cm³/mol. The highest BCUT2D eigenvalue weighted by Gasteiger charge is 2.30. The minimum absolute atomic E-state index is 0.0303. The smallest absolute Gasteiger partial charge is 0.326 e. The number of para-hydroxylation sites is 1. The van der Waals surface area contributed by atoms with Gasteiger partial charge in [0.1, 0.15) is 24.2 Å². The van der Waals surface area contributed by atoms with Gasteiger partial charge in [-0.15, -0.1) is 0 Å². The summed E-state index contributed by atoms with van der Waals surface area (Å²) in [5.74, 6) is -2.67. The molecular formula is C28H35N5O6S. The third-order valence-electron chi connectivity index (χ3n) is 6.41. The van der Waals surface area contributed by atoms with E-state index in [0.29, 0.717) is 5.75 Å². The number of aliphatic hydroxyl groups excluding tert-OH is 1. The Morgan fingerprint density at radius 2 is 1.50 bits per heavy atom. The highest BCUT2D eigenvalue weighted by Crippen LogP contribution is 2.19. The van der Waals surface area contributed by atoms with Gasteiger partial charge in [0.2, 0.25) is 17.7 Å². The Morgan fingerprint density at radius 1 is 0.875 bits per heavy atom. The van der Waals surface area contributed by atoms with Gasteiger partial charge in [-0.3, -0.25) is 14.4 Å². The summed E-state index contributed by atoms with van der Waals surface area (Å²) in [6, 6.07) is 11.8. The van der Waals surface area contributed by atoms with Crippen LogP contribution in [0.25, 0.3) is 10.9 Å². The van der Waals surface area contributed by atoms with E-state index in [1.165, 1.54) is 11.8 Å². The molecule has 40 heavy (non-hydrogen) atoms. The van der Waals surface area contributed by atoms with E-state index < -0.39 is 54.5 Å². The van der Waals surface area contributed by atoms with Crippen LogP contribution < -0.4 is 21.7 Å². The van der Waals surface area contributed by atoms with E-state index in [1.807, 2.05) is 36.6 Å². The Kier molecular flexibility index (Phi) is 11.5. The van der Waals surface area contributed by atoms with Gasteiger partial charge in [0.25, 0.3) is 0 Å². The Morgan fingerprint density at radius 3 is 2.17 bits per heavy atom. The van der Waals surface area contributed by atoms with Crippen LogP contribution in [0.5, 0.6) is 0 Å². The molecule has 0 saturated heterocycles. The van der Waals surface area contributed by atoms with Crippen LogP contribution in [-0.4, -0.2) is 81.7 Å². The van der Waals surface area contributed by atoms with Crippen molar-refractivity contribution in [1.29, 1.82) is 0 Å². The number of amides is 3. The second-order valence-electron chi connectivity index (χ2n) is 9.35. The Bertz CT molecular complexity index is 1300. The van der Waals surface area contributed by atoms with Crippen molar-refractivity contribution in [3.05, 3.63) is 71.9 Å². The maximum Gasteiger partial charge on any atom is 0.326 e. The van der Waals surface area contributed by atoms with Crippen molar-refractivity contribution in [3.8, 4) is 0 Å². The summed E-state index contributed by atoms with van der Waals surface area (Å²) in [6.45, 7) is -0.589. The Labute approximate surface area is 236 Å². The summed E-state index contributed by atoms with van der Waals surface area (Å²) in [6.07, 6.45) is 3.95. The minimum atomic E-state index is -1.25. The maximum atomic E-state index is 13.5. The highest BCUT2D eigenvalue weighted by atomic mass is 32.2. The number of nitrogens with two attached hydrogens (primary N) is 1. The molecule has 3 aromatic rings. The van der Waals surface area contributed by atoms with Gasteiger partial charge in [0.05, 0.1) is 6.61 Å². The standard InChI is InChI=1S/C28H35N5O6S/c1-40-12-11-22(31-25(35)20(29)16-34)26(36)32-23(13-17-7-3-2-4-8-17)27(37)33-24(28(38)39)14-18-15-30-21-10-6-5-9-19(18)21/h2-10,15,20,22-24,30,34H,11-14,16,29H2,1H3,(H,31,35)(H,32,36)(H,33,37)(H,38,39). The van der Waals surface area contributed by atoms with Crippen LogP contribution in [0.3, 0.4) is 0 Å². The maximum absolute atomic E-state index is 13.5. The fourth-order valence-electron chi connectivity index (χ4n) is 4.19. The van der Waals surface area contributed by atoms with Crippen molar-refractivity contribution in [3.63, 3.8) is 0 Å². The fraction of sp³-hybridized carbons (Fsp3) is 0.357. The number of fused-ring (bicyclic) bond motifs is 1. The van der Waals surface area contributed by atoms with E-state index in [0.717, 1.165) is 22.0 Å². The molecule has 2 aromatic carbocycles. The number of hydrogen-bond donors (Lipinski definition) is 7. The lowest BCUT2D eigenvalue weighted by atomic mass is 10.0. The molecule has 0 fully saturated rings. The zero-order chi connectivity index (χ0) is 29.1. The van der Waals surface area contributed by atoms with Crippen molar-refractivity contribution in [2.24, 2.45) is 5.73 Å². The summed E-state index contributed by atoms with van der Waals surface area (Å²) in [7, 11) is 0. The topological polar surface area (TPSA) is 187 Å². The average molecular weight is 570 g/mol. The van der Waals surface area contributed by atoms with Gasteiger partial charge in [-0.05, 0) is 35.6 Å². The summed E-state index contributed by atoms with van der Waals surface area (Å²) in [4.78, 5) is 54.3. The molecule has 4 atom stereocenters. The quantitative estimate of drug-likeness (QED) is 0.138. The molecular weight excluding hydrogens is 534 g/mol. The first-order chi connectivity index (χ1) is 19.2. The van der Waals surface area contributed by atoms with Crippen molar-refractivity contribution >= 4 is 46.4 Å². The lowest BCUT2D eigenvalue weighted by Crippen LogP contribution is -2.58. The van der Waals surface area contributed by atoms with Crippen molar-refractivity contribution in [2.75, 3.05) is 18.6 Å². The van der Waals surface area contributed by atoms with Crippen LogP contribution in [-0.2, 0) is 32.0 Å². The molecule has 0 aliphatic heterocycles. The molecule has 214 valence electrons. The van der Waals surface area contributed by atoms with E-state index in [9.17, 15) is 29.4 Å². The van der Waals surface area contributed by atoms with E-state index >= 15 is 0 Å². The number of rotatable bonds is 15. The number of H-pyrrole nitrogens is 1. The summed E-state index contributed by atoms with van der Waals surface area (Å²) < 4.78 is 0. The zero-order valence-corrected chi connectivity index (χ0v) is 22.9. The van der Waals surface area contributed by atoms with Gasteiger partial charge >= 0.3 is 5.97 Å². The molecule has 3 rings (SSSR count). The van der Waals surface area contributed by atoms with Crippen molar-refractivity contribution in [2.45, 2.75) is 43.4 Å². The number of nitrogens with one attached hydrogen (secondary N) is 4. The Balaban J connectivity index is 1.80. The van der Waals surface area contributed by atoms with Gasteiger partial charge in [-0.1, -0.05) is 48.5 Å². The van der Waals surface area contributed by atoms with Gasteiger partial charge in [0.15, 0.2) is 0 Å². The number of carbonyl (C=O) groups excluding carboxylic acids is 3. The first kappa shape index (κ1) is 30.7. The summed E-state index contributed by atoms with van der Waals surface area (Å²) >= 11 is 1.47. The molecule has 0 bridgehead atoms. The van der Waals surface area contributed by atoms with Gasteiger partial charge in [-0.25, -0.2) is 4.79 Å².